The average Bonchev–Trinajstić information content (AvgIpc) is 2.75. The van der Waals surface area contributed by atoms with E-state index in [1.54, 1.807) is 23.6 Å². The van der Waals surface area contributed by atoms with Gasteiger partial charge < -0.3 is 0 Å². The fourth-order valence-electron chi connectivity index (χ4n) is 1.40. The molecule has 0 aliphatic rings. The van der Waals surface area contributed by atoms with Crippen LogP contribution in [0.25, 0.3) is 11.3 Å². The van der Waals surface area contributed by atoms with Gasteiger partial charge >= 0.3 is 6.18 Å². The highest BCUT2D eigenvalue weighted by atomic mass is 35.5. The lowest BCUT2D eigenvalue weighted by Crippen LogP contribution is -2.07. The van der Waals surface area contributed by atoms with Crippen molar-refractivity contribution in [2.75, 3.05) is 5.75 Å². The lowest BCUT2D eigenvalue weighted by Gasteiger charge is -2.03. The topological polar surface area (TPSA) is 12.9 Å². The highest BCUT2D eigenvalue weighted by Crippen LogP contribution is 2.34. The number of benzene rings is 1. The minimum atomic E-state index is -4.13. The van der Waals surface area contributed by atoms with Crippen molar-refractivity contribution < 1.29 is 13.2 Å². The number of hydrogen-bond acceptors (Lipinski definition) is 3. The van der Waals surface area contributed by atoms with Gasteiger partial charge in [0, 0.05) is 21.7 Å². The predicted molar refractivity (Wildman–Crippen MR) is 79.0 cm³/mol. The predicted octanol–water partition coefficient (Wildman–Crippen LogP) is 6.16. The molecule has 0 aliphatic carbocycles. The first-order valence-corrected chi connectivity index (χ1v) is 8.08. The third kappa shape index (κ3) is 4.55. The van der Waals surface area contributed by atoms with Crippen LogP contribution in [0.3, 0.4) is 0 Å². The maximum absolute atomic E-state index is 12.1. The number of hydrogen-bond donors (Lipinski definition) is 0. The summed E-state index contributed by atoms with van der Waals surface area (Å²) in [6.45, 7) is 0. The Bertz CT molecular complexity index is 599. The van der Waals surface area contributed by atoms with Crippen LogP contribution in [0.4, 0.5) is 13.2 Å². The summed E-state index contributed by atoms with van der Waals surface area (Å²) in [5.74, 6) is -0.0369. The molecule has 2 rings (SSSR count). The molecule has 0 aliphatic heterocycles. The van der Waals surface area contributed by atoms with E-state index in [1.165, 1.54) is 11.3 Å². The van der Waals surface area contributed by atoms with Crippen LogP contribution >= 0.6 is 46.3 Å². The van der Waals surface area contributed by atoms with Gasteiger partial charge in [0.05, 0.1) is 17.1 Å². The molecule has 0 saturated carbocycles. The first kappa shape index (κ1) is 15.9. The monoisotopic (exact) mass is 357 g/mol. The van der Waals surface area contributed by atoms with Gasteiger partial charge in [-0.25, -0.2) is 4.98 Å². The van der Waals surface area contributed by atoms with Gasteiger partial charge in [0.15, 0.2) is 4.34 Å². The smallest absolute Gasteiger partial charge is 0.230 e. The second-order valence-corrected chi connectivity index (χ2v) is 6.88. The Morgan fingerprint density at radius 2 is 2.00 bits per heavy atom. The molecule has 1 heterocycles. The Balaban J connectivity index is 2.05. The van der Waals surface area contributed by atoms with Crippen LogP contribution in [0.5, 0.6) is 0 Å². The largest absolute Gasteiger partial charge is 0.389 e. The molecule has 2 aromatic rings. The molecule has 1 aromatic carbocycles. The van der Waals surface area contributed by atoms with E-state index in [-0.39, 0.29) is 5.75 Å². The summed E-state index contributed by atoms with van der Waals surface area (Å²) in [5, 5.41) is 2.76. The molecule has 0 amide bonds. The number of thiazole rings is 1. The normalized spacial score (nSPS) is 11.8. The number of rotatable bonds is 4. The number of alkyl halides is 3. The SMILES string of the molecule is FC(F)(F)CCSc1nc(-c2ccc(Cl)cc2Cl)cs1. The van der Waals surface area contributed by atoms with Crippen molar-refractivity contribution >= 4 is 46.3 Å². The number of nitrogens with zero attached hydrogens (tertiary/aromatic N) is 1. The summed E-state index contributed by atoms with van der Waals surface area (Å²) < 4.78 is 36.8. The Labute approximate surface area is 132 Å². The Kier molecular flexibility index (Phi) is 5.23. The maximum atomic E-state index is 12.1. The minimum Gasteiger partial charge on any atom is -0.230 e. The van der Waals surface area contributed by atoms with Crippen LogP contribution in [0, 0.1) is 0 Å². The van der Waals surface area contributed by atoms with Gasteiger partial charge in [-0.2, -0.15) is 13.2 Å². The van der Waals surface area contributed by atoms with Crippen LogP contribution in [-0.4, -0.2) is 16.9 Å². The fraction of sp³-hybridized carbons (Fsp3) is 0.250. The molecule has 8 heteroatoms. The molecule has 0 N–H and O–H groups in total. The van der Waals surface area contributed by atoms with Crippen LogP contribution in [0.15, 0.2) is 27.9 Å². The Hall–Kier alpha value is -0.430. The van der Waals surface area contributed by atoms with Gasteiger partial charge in [0.2, 0.25) is 0 Å². The van der Waals surface area contributed by atoms with Gasteiger partial charge in [0.25, 0.3) is 0 Å². The zero-order valence-electron chi connectivity index (χ0n) is 9.88. The quantitative estimate of drug-likeness (QED) is 0.607. The molecule has 0 atom stereocenters. The summed E-state index contributed by atoms with van der Waals surface area (Å²) >= 11 is 14.3. The van der Waals surface area contributed by atoms with Crippen molar-refractivity contribution in [1.82, 2.24) is 4.98 Å². The summed E-state index contributed by atoms with van der Waals surface area (Å²) in [6.07, 6.45) is -4.96. The standard InChI is InChI=1S/C12H8Cl2F3NS2/c13-7-1-2-8(9(14)5-7)10-6-20-11(18-10)19-4-3-12(15,16)17/h1-2,5-6H,3-4H2. The molecular formula is C12H8Cl2F3NS2. The second-order valence-electron chi connectivity index (χ2n) is 3.84. The van der Waals surface area contributed by atoms with Gasteiger partial charge in [-0.05, 0) is 18.2 Å². The zero-order valence-corrected chi connectivity index (χ0v) is 13.0. The van der Waals surface area contributed by atoms with E-state index in [0.29, 0.717) is 20.1 Å². The van der Waals surface area contributed by atoms with E-state index in [4.69, 9.17) is 23.2 Å². The summed E-state index contributed by atoms with van der Waals surface area (Å²) in [7, 11) is 0. The fourth-order valence-corrected chi connectivity index (χ4v) is 3.78. The van der Waals surface area contributed by atoms with Gasteiger partial charge in [-0.3, -0.25) is 0 Å². The molecule has 0 bridgehead atoms. The average molecular weight is 358 g/mol. The number of thioether (sulfide) groups is 1. The van der Waals surface area contributed by atoms with Crippen molar-refractivity contribution in [1.29, 1.82) is 0 Å². The first-order valence-electron chi connectivity index (χ1n) is 5.46. The van der Waals surface area contributed by atoms with Crippen LogP contribution in [0.1, 0.15) is 6.42 Å². The maximum Gasteiger partial charge on any atom is 0.389 e. The first-order chi connectivity index (χ1) is 9.35. The lowest BCUT2D eigenvalue weighted by molar-refractivity contribution is -0.129. The molecular weight excluding hydrogens is 350 g/mol. The highest BCUT2D eigenvalue weighted by Gasteiger charge is 2.26. The van der Waals surface area contributed by atoms with E-state index in [1.807, 2.05) is 0 Å². The van der Waals surface area contributed by atoms with Gasteiger partial charge in [0.1, 0.15) is 0 Å². The van der Waals surface area contributed by atoms with E-state index >= 15 is 0 Å². The van der Waals surface area contributed by atoms with E-state index in [9.17, 15) is 13.2 Å². The molecule has 20 heavy (non-hydrogen) atoms. The van der Waals surface area contributed by atoms with Crippen molar-refractivity contribution in [2.45, 2.75) is 16.9 Å². The van der Waals surface area contributed by atoms with Gasteiger partial charge in [-0.15, -0.1) is 11.3 Å². The summed E-state index contributed by atoms with van der Waals surface area (Å²) in [5.41, 5.74) is 1.36. The van der Waals surface area contributed by atoms with Gasteiger partial charge in [-0.1, -0.05) is 35.0 Å². The van der Waals surface area contributed by atoms with Crippen molar-refractivity contribution in [2.24, 2.45) is 0 Å². The molecule has 0 spiro atoms. The highest BCUT2D eigenvalue weighted by molar-refractivity contribution is 8.01. The van der Waals surface area contributed by atoms with Crippen LogP contribution in [0.2, 0.25) is 10.0 Å². The lowest BCUT2D eigenvalue weighted by atomic mass is 10.2. The van der Waals surface area contributed by atoms with Crippen molar-refractivity contribution in [3.8, 4) is 11.3 Å². The molecule has 108 valence electrons. The molecule has 0 unspecified atom stereocenters. The van der Waals surface area contributed by atoms with E-state index < -0.39 is 12.6 Å². The molecule has 0 radical (unpaired) electrons. The third-order valence-corrected chi connectivity index (χ3v) is 4.87. The van der Waals surface area contributed by atoms with Crippen molar-refractivity contribution in [3.63, 3.8) is 0 Å². The zero-order chi connectivity index (χ0) is 14.8. The third-order valence-electron chi connectivity index (χ3n) is 2.30. The molecule has 0 saturated heterocycles. The van der Waals surface area contributed by atoms with Crippen LogP contribution in [-0.2, 0) is 0 Å². The molecule has 0 fully saturated rings. The Morgan fingerprint density at radius 3 is 2.65 bits per heavy atom. The molecule has 1 aromatic heterocycles. The Morgan fingerprint density at radius 1 is 1.25 bits per heavy atom. The summed E-state index contributed by atoms with van der Waals surface area (Å²) in [4.78, 5) is 4.28. The van der Waals surface area contributed by atoms with Crippen LogP contribution < -0.4 is 0 Å². The van der Waals surface area contributed by atoms with Crippen molar-refractivity contribution in [3.05, 3.63) is 33.6 Å². The second kappa shape index (κ2) is 6.56. The summed E-state index contributed by atoms with van der Waals surface area (Å²) in [6, 6.07) is 5.04. The number of aromatic nitrogens is 1. The van der Waals surface area contributed by atoms with E-state index in [2.05, 4.69) is 4.98 Å². The van der Waals surface area contributed by atoms with E-state index in [0.717, 1.165) is 17.3 Å². The minimum absolute atomic E-state index is 0.0369. The number of halogens is 5. The molecule has 1 nitrogen and oxygen atoms in total.